The van der Waals surface area contributed by atoms with Crippen LogP contribution in [0.25, 0.3) is 11.1 Å². The van der Waals surface area contributed by atoms with Gasteiger partial charge in [-0.3, -0.25) is 4.79 Å². The van der Waals surface area contributed by atoms with Crippen LogP contribution in [0.1, 0.15) is 12.8 Å². The first-order chi connectivity index (χ1) is 19.2. The summed E-state index contributed by atoms with van der Waals surface area (Å²) in [5.74, 6) is -5.35. The zero-order chi connectivity index (χ0) is 30.1. The number of ether oxygens (including phenoxy) is 1. The third-order valence-electron chi connectivity index (χ3n) is 6.29. The first-order valence-corrected chi connectivity index (χ1v) is 14.8. The summed E-state index contributed by atoms with van der Waals surface area (Å²) in [7, 11) is -2.84. The molecule has 0 spiro atoms. The van der Waals surface area contributed by atoms with E-state index in [0.29, 0.717) is 17.8 Å². The van der Waals surface area contributed by atoms with Crippen molar-refractivity contribution in [3.05, 3.63) is 72.0 Å². The average molecular weight is 599 g/mol. The van der Waals surface area contributed by atoms with Gasteiger partial charge >= 0.3 is 12.4 Å². The quantitative estimate of drug-likeness (QED) is 0.260. The van der Waals surface area contributed by atoms with Gasteiger partial charge in [-0.1, -0.05) is 24.3 Å². The summed E-state index contributed by atoms with van der Waals surface area (Å²) >= 11 is 0. The summed E-state index contributed by atoms with van der Waals surface area (Å²) in [6, 6.07) is 8.69. The van der Waals surface area contributed by atoms with Crippen LogP contribution in [0, 0.1) is 17.5 Å². The second kappa shape index (κ2) is 11.5. The van der Waals surface area contributed by atoms with Crippen LogP contribution in [0.5, 0.6) is 5.75 Å². The lowest BCUT2D eigenvalue weighted by atomic mass is 10.0. The normalized spacial score (nSPS) is 16.0. The van der Waals surface area contributed by atoms with E-state index in [1.165, 1.54) is 31.5 Å². The minimum atomic E-state index is -5.03. The molecular weight excluding hydrogens is 575 g/mol. The van der Waals surface area contributed by atoms with Gasteiger partial charge in [0.15, 0.2) is 11.6 Å². The molecule has 0 bridgehead atoms. The number of alkyl halides is 3. The summed E-state index contributed by atoms with van der Waals surface area (Å²) in [5, 5.41) is 4.79. The molecule has 41 heavy (non-hydrogen) atoms. The standard InChI is InChI=1S/C27H24F6N3O4P/c1-41(2,39)22-8-4-3-6-16(22)17-10-12-21(24(30)23(17)29)36-13-5-7-20(25(36)37)35-26(38)34-19-11-9-15(14-18(19)28)40-27(31,32)33/h3-4,6,8-12,14,20H,5,7,13H2,1-2H3,(H2,34,35,38). The highest BCUT2D eigenvalue weighted by Crippen LogP contribution is 2.40. The van der Waals surface area contributed by atoms with E-state index in [1.54, 1.807) is 18.2 Å². The van der Waals surface area contributed by atoms with Gasteiger partial charge in [0.25, 0.3) is 0 Å². The zero-order valence-electron chi connectivity index (χ0n) is 21.7. The Morgan fingerprint density at radius 1 is 1.00 bits per heavy atom. The molecule has 0 radical (unpaired) electrons. The fourth-order valence-corrected chi connectivity index (χ4v) is 5.71. The predicted octanol–water partition coefficient (Wildman–Crippen LogP) is 6.23. The van der Waals surface area contributed by atoms with Crippen LogP contribution in [-0.2, 0) is 9.36 Å². The van der Waals surface area contributed by atoms with E-state index >= 15 is 8.78 Å². The third kappa shape index (κ3) is 6.84. The first-order valence-electron chi connectivity index (χ1n) is 12.2. The van der Waals surface area contributed by atoms with Crippen molar-refractivity contribution in [1.82, 2.24) is 5.32 Å². The number of amides is 3. The molecule has 1 fully saturated rings. The van der Waals surface area contributed by atoms with Crippen molar-refractivity contribution in [2.45, 2.75) is 25.2 Å². The number of hydrogen-bond donors (Lipinski definition) is 2. The number of piperidine rings is 1. The number of carbonyl (C=O) groups is 2. The molecule has 14 heteroatoms. The van der Waals surface area contributed by atoms with Crippen molar-refractivity contribution in [3.8, 4) is 16.9 Å². The van der Waals surface area contributed by atoms with Gasteiger partial charge < -0.3 is 24.8 Å². The van der Waals surface area contributed by atoms with Crippen LogP contribution in [0.2, 0.25) is 0 Å². The first kappa shape index (κ1) is 30.0. The second-order valence-corrected chi connectivity index (χ2v) is 12.8. The lowest BCUT2D eigenvalue weighted by Gasteiger charge is -2.33. The molecule has 7 nitrogen and oxygen atoms in total. The van der Waals surface area contributed by atoms with Gasteiger partial charge in [-0.05, 0) is 56.0 Å². The Morgan fingerprint density at radius 3 is 2.37 bits per heavy atom. The van der Waals surface area contributed by atoms with Crippen molar-refractivity contribution in [2.24, 2.45) is 0 Å². The van der Waals surface area contributed by atoms with Crippen LogP contribution in [0.4, 0.5) is 42.5 Å². The number of rotatable bonds is 6. The number of nitrogens with one attached hydrogen (secondary N) is 2. The van der Waals surface area contributed by atoms with E-state index < -0.39 is 60.4 Å². The molecule has 4 rings (SSSR count). The Balaban J connectivity index is 1.50. The molecule has 0 saturated carbocycles. The smallest absolute Gasteiger partial charge is 0.406 e. The molecule has 1 atom stereocenters. The number of carbonyl (C=O) groups excluding carboxylic acids is 2. The minimum Gasteiger partial charge on any atom is -0.406 e. The molecule has 1 aliphatic heterocycles. The highest BCUT2D eigenvalue weighted by molar-refractivity contribution is 7.70. The van der Waals surface area contributed by atoms with E-state index in [0.717, 1.165) is 17.0 Å². The van der Waals surface area contributed by atoms with Gasteiger partial charge in [-0.15, -0.1) is 13.2 Å². The van der Waals surface area contributed by atoms with Crippen molar-refractivity contribution in [3.63, 3.8) is 0 Å². The fourth-order valence-electron chi connectivity index (χ4n) is 4.49. The zero-order valence-corrected chi connectivity index (χ0v) is 22.6. The Kier molecular flexibility index (Phi) is 8.39. The van der Waals surface area contributed by atoms with Crippen molar-refractivity contribution in [1.29, 1.82) is 0 Å². The topological polar surface area (TPSA) is 87.7 Å². The molecule has 1 unspecified atom stereocenters. The monoisotopic (exact) mass is 599 g/mol. The molecule has 3 aromatic rings. The molecule has 0 aromatic heterocycles. The van der Waals surface area contributed by atoms with Crippen LogP contribution < -0.4 is 25.6 Å². The number of hydrogen-bond acceptors (Lipinski definition) is 4. The number of benzene rings is 3. The van der Waals surface area contributed by atoms with Crippen molar-refractivity contribution in [2.75, 3.05) is 30.1 Å². The van der Waals surface area contributed by atoms with Gasteiger partial charge in [0.2, 0.25) is 5.91 Å². The van der Waals surface area contributed by atoms with Gasteiger partial charge in [0.05, 0.1) is 11.4 Å². The van der Waals surface area contributed by atoms with Gasteiger partial charge in [-0.25, -0.2) is 18.0 Å². The van der Waals surface area contributed by atoms with Gasteiger partial charge in [0, 0.05) is 23.5 Å². The maximum Gasteiger partial charge on any atom is 0.573 e. The van der Waals surface area contributed by atoms with Crippen LogP contribution in [-0.4, -0.2) is 44.2 Å². The summed E-state index contributed by atoms with van der Waals surface area (Å²) < 4.78 is 98.1. The van der Waals surface area contributed by atoms with Gasteiger partial charge in [0.1, 0.15) is 24.8 Å². The average Bonchev–Trinajstić information content (AvgIpc) is 2.87. The molecule has 3 amide bonds. The maximum atomic E-state index is 15.3. The van der Waals surface area contributed by atoms with Crippen LogP contribution >= 0.6 is 7.14 Å². The Morgan fingerprint density at radius 2 is 1.71 bits per heavy atom. The second-order valence-electron chi connectivity index (χ2n) is 9.60. The SMILES string of the molecule is CP(C)(=O)c1ccccc1-c1ccc(N2CCCC(NC(=O)Nc3ccc(OC(F)(F)F)cc3F)C2=O)c(F)c1F. The Hall–Kier alpha value is -3.99. The molecule has 3 aromatic carbocycles. The summed E-state index contributed by atoms with van der Waals surface area (Å²) in [6.45, 7) is 3.05. The summed E-state index contributed by atoms with van der Waals surface area (Å²) in [4.78, 5) is 26.5. The van der Waals surface area contributed by atoms with Crippen molar-refractivity contribution >= 4 is 35.8 Å². The molecule has 1 saturated heterocycles. The lowest BCUT2D eigenvalue weighted by molar-refractivity contribution is -0.274. The molecule has 0 aliphatic carbocycles. The fraction of sp³-hybridized carbons (Fsp3) is 0.259. The largest absolute Gasteiger partial charge is 0.573 e. The van der Waals surface area contributed by atoms with Crippen LogP contribution in [0.3, 0.4) is 0 Å². The number of urea groups is 1. The molecule has 218 valence electrons. The maximum absolute atomic E-state index is 15.3. The highest BCUT2D eigenvalue weighted by atomic mass is 31.2. The molecular formula is C27H24F6N3O4P. The minimum absolute atomic E-state index is 0.0271. The number of halogens is 6. The van der Waals surface area contributed by atoms with E-state index in [4.69, 9.17) is 0 Å². The van der Waals surface area contributed by atoms with E-state index in [-0.39, 0.29) is 29.8 Å². The van der Waals surface area contributed by atoms with Crippen LogP contribution in [0.15, 0.2) is 54.6 Å². The Bertz CT molecular complexity index is 1540. The lowest BCUT2D eigenvalue weighted by Crippen LogP contribution is -2.53. The van der Waals surface area contributed by atoms with Crippen molar-refractivity contribution < 1.29 is 45.2 Å². The number of anilines is 2. The van der Waals surface area contributed by atoms with E-state index in [9.17, 15) is 31.7 Å². The highest BCUT2D eigenvalue weighted by Gasteiger charge is 2.34. The number of nitrogens with zero attached hydrogens (tertiary/aromatic N) is 1. The summed E-state index contributed by atoms with van der Waals surface area (Å²) in [6.07, 6.45) is -4.59. The Labute approximate surface area is 230 Å². The van der Waals surface area contributed by atoms with E-state index in [1.807, 2.05) is 0 Å². The van der Waals surface area contributed by atoms with Gasteiger partial charge in [-0.2, -0.15) is 0 Å². The third-order valence-corrected chi connectivity index (χ3v) is 7.84. The molecule has 1 heterocycles. The predicted molar refractivity (Wildman–Crippen MR) is 141 cm³/mol. The van der Waals surface area contributed by atoms with E-state index in [2.05, 4.69) is 15.4 Å². The summed E-state index contributed by atoms with van der Waals surface area (Å²) in [5.41, 5.74) is -0.707. The molecule has 2 N–H and O–H groups in total. The molecule has 1 aliphatic rings.